The summed E-state index contributed by atoms with van der Waals surface area (Å²) in [6.07, 6.45) is 0. The first-order chi connectivity index (χ1) is 18.8. The molecule has 210 valence electrons. The minimum atomic E-state index is -0.538. The van der Waals surface area contributed by atoms with E-state index in [1.165, 1.54) is 0 Å². The Hall–Kier alpha value is -4.72. The van der Waals surface area contributed by atoms with E-state index in [-0.39, 0.29) is 48.7 Å². The Balaban J connectivity index is 2.52. The van der Waals surface area contributed by atoms with Crippen LogP contribution >= 0.6 is 0 Å². The molecule has 0 aliphatic heterocycles. The first-order valence-electron chi connectivity index (χ1n) is 12.3. The summed E-state index contributed by atoms with van der Waals surface area (Å²) in [4.78, 5) is 48.0. The summed E-state index contributed by atoms with van der Waals surface area (Å²) in [6.45, 7) is 20.4. The smallest absolute Gasteiger partial charge is 0.333 e. The molecule has 0 unspecified atom stereocenters. The van der Waals surface area contributed by atoms with Gasteiger partial charge >= 0.3 is 23.9 Å². The second-order valence-corrected chi connectivity index (χ2v) is 9.50. The number of carbonyl (C=O) groups is 4. The van der Waals surface area contributed by atoms with Crippen LogP contribution in [0.15, 0.2) is 85.0 Å². The Morgan fingerprint density at radius 3 is 0.825 bits per heavy atom. The highest BCUT2D eigenvalue weighted by molar-refractivity contribution is 5.88. The zero-order valence-electron chi connectivity index (χ0n) is 23.4. The number of rotatable bonds is 13. The highest BCUT2D eigenvalue weighted by atomic mass is 16.5. The summed E-state index contributed by atoms with van der Waals surface area (Å²) in [7, 11) is 0. The molecule has 0 heterocycles. The lowest BCUT2D eigenvalue weighted by atomic mass is 9.96. The quantitative estimate of drug-likeness (QED) is 0.176. The van der Waals surface area contributed by atoms with E-state index in [4.69, 9.17) is 18.9 Å². The lowest BCUT2D eigenvalue weighted by Crippen LogP contribution is -2.08. The van der Waals surface area contributed by atoms with E-state index < -0.39 is 23.9 Å². The van der Waals surface area contributed by atoms with E-state index in [0.717, 1.165) is 0 Å². The largest absolute Gasteiger partial charge is 0.457 e. The van der Waals surface area contributed by atoms with E-state index in [1.807, 2.05) is 24.3 Å². The van der Waals surface area contributed by atoms with Gasteiger partial charge in [0.1, 0.15) is 26.4 Å². The van der Waals surface area contributed by atoms with Gasteiger partial charge in [0.25, 0.3) is 0 Å². The second-order valence-electron chi connectivity index (χ2n) is 9.50. The lowest BCUT2D eigenvalue weighted by Gasteiger charge is -2.14. The van der Waals surface area contributed by atoms with Crippen LogP contribution in [0.3, 0.4) is 0 Å². The van der Waals surface area contributed by atoms with Crippen LogP contribution in [0.1, 0.15) is 49.9 Å². The van der Waals surface area contributed by atoms with Gasteiger partial charge in [-0.1, -0.05) is 26.3 Å². The molecular formula is C32H34O8. The minimum absolute atomic E-state index is 0.0417. The van der Waals surface area contributed by atoms with Crippen LogP contribution in [-0.2, 0) is 64.6 Å². The molecule has 0 aromatic heterocycles. The summed E-state index contributed by atoms with van der Waals surface area (Å²) >= 11 is 0. The number of benzene rings is 2. The second kappa shape index (κ2) is 14.4. The molecule has 0 aliphatic carbocycles. The maximum atomic E-state index is 12.0. The van der Waals surface area contributed by atoms with Crippen LogP contribution in [0.2, 0.25) is 0 Å². The van der Waals surface area contributed by atoms with Gasteiger partial charge in [-0.15, -0.1) is 0 Å². The fourth-order valence-corrected chi connectivity index (χ4v) is 3.28. The first kappa shape index (κ1) is 31.5. The van der Waals surface area contributed by atoms with Crippen molar-refractivity contribution in [2.24, 2.45) is 0 Å². The Labute approximate surface area is 234 Å². The monoisotopic (exact) mass is 546 g/mol. The molecule has 40 heavy (non-hydrogen) atoms. The summed E-state index contributed by atoms with van der Waals surface area (Å²) in [5.41, 5.74) is 5.01. The number of hydrogen-bond donors (Lipinski definition) is 0. The molecule has 0 amide bonds. The number of ether oxygens (including phenoxy) is 4. The fraction of sp³-hybridized carbons (Fsp3) is 0.250. The maximum absolute atomic E-state index is 12.0. The molecule has 2 aromatic carbocycles. The predicted molar refractivity (Wildman–Crippen MR) is 150 cm³/mol. The van der Waals surface area contributed by atoms with Gasteiger partial charge in [0, 0.05) is 22.3 Å². The summed E-state index contributed by atoms with van der Waals surface area (Å²) in [5, 5.41) is 0. The molecule has 8 nitrogen and oxygen atoms in total. The van der Waals surface area contributed by atoms with Crippen molar-refractivity contribution in [2.45, 2.75) is 54.1 Å². The van der Waals surface area contributed by atoms with E-state index in [9.17, 15) is 19.2 Å². The van der Waals surface area contributed by atoms with Crippen LogP contribution in [0.25, 0.3) is 11.1 Å². The lowest BCUT2D eigenvalue weighted by molar-refractivity contribution is -0.141. The average Bonchev–Trinajstić information content (AvgIpc) is 2.91. The normalized spacial score (nSPS) is 10.2. The van der Waals surface area contributed by atoms with Gasteiger partial charge in [-0.3, -0.25) is 0 Å². The third-order valence-electron chi connectivity index (χ3n) is 5.31. The van der Waals surface area contributed by atoms with Crippen LogP contribution in [-0.4, -0.2) is 23.9 Å². The van der Waals surface area contributed by atoms with Crippen molar-refractivity contribution >= 4 is 23.9 Å². The van der Waals surface area contributed by atoms with Crippen molar-refractivity contribution in [1.29, 1.82) is 0 Å². The highest BCUT2D eigenvalue weighted by Crippen LogP contribution is 2.27. The number of hydrogen-bond acceptors (Lipinski definition) is 8. The van der Waals surface area contributed by atoms with E-state index in [2.05, 4.69) is 26.3 Å². The summed E-state index contributed by atoms with van der Waals surface area (Å²) in [6, 6.07) is 10.8. The van der Waals surface area contributed by atoms with E-state index >= 15 is 0 Å². The van der Waals surface area contributed by atoms with Gasteiger partial charge < -0.3 is 18.9 Å². The standard InChI is InChI=1S/C32H34O8/c1-19(2)29(33)37-15-23-9-24(16-38-30(34)20(3)4)12-27(11-23)28-13-25(17-39-31(35)21(5)6)10-26(14-28)18-40-32(36)22(7)8/h9-14H,1,3,5,7,15-18H2,2,4,6,8H3. The average molecular weight is 547 g/mol. The molecule has 0 saturated carbocycles. The molecule has 2 rings (SSSR count). The highest BCUT2D eigenvalue weighted by Gasteiger charge is 2.13. The molecular weight excluding hydrogens is 512 g/mol. The van der Waals surface area contributed by atoms with Crippen LogP contribution in [0.5, 0.6) is 0 Å². The topological polar surface area (TPSA) is 105 Å². The van der Waals surface area contributed by atoms with Crippen molar-refractivity contribution in [3.8, 4) is 11.1 Å². The van der Waals surface area contributed by atoms with Crippen molar-refractivity contribution in [3.05, 3.63) is 107 Å². The summed E-state index contributed by atoms with van der Waals surface area (Å²) < 4.78 is 21.3. The zero-order chi connectivity index (χ0) is 30.0. The zero-order valence-corrected chi connectivity index (χ0v) is 23.4. The molecule has 0 aliphatic rings. The van der Waals surface area contributed by atoms with Crippen LogP contribution in [0.4, 0.5) is 0 Å². The molecule has 2 aromatic rings. The van der Waals surface area contributed by atoms with E-state index in [1.54, 1.807) is 39.8 Å². The molecule has 0 saturated heterocycles. The van der Waals surface area contributed by atoms with E-state index in [0.29, 0.717) is 33.4 Å². The van der Waals surface area contributed by atoms with Gasteiger partial charge in [0.15, 0.2) is 0 Å². The van der Waals surface area contributed by atoms with Gasteiger partial charge in [0.05, 0.1) is 0 Å². The number of carbonyl (C=O) groups excluding carboxylic acids is 4. The van der Waals surface area contributed by atoms with Gasteiger partial charge in [-0.05, 0) is 97.5 Å². The Morgan fingerprint density at radius 1 is 0.450 bits per heavy atom. The maximum Gasteiger partial charge on any atom is 0.333 e. The third kappa shape index (κ3) is 9.87. The van der Waals surface area contributed by atoms with Crippen LogP contribution in [0, 0.1) is 0 Å². The Morgan fingerprint density at radius 2 is 0.650 bits per heavy atom. The minimum Gasteiger partial charge on any atom is -0.457 e. The SMILES string of the molecule is C=C(C)C(=O)OCc1cc(COC(=O)C(=C)C)cc(-c2cc(COC(=O)C(=C)C)cc(COC(=O)C(=C)C)c2)c1. The fourth-order valence-electron chi connectivity index (χ4n) is 3.28. The molecule has 0 spiro atoms. The third-order valence-corrected chi connectivity index (χ3v) is 5.31. The molecule has 0 N–H and O–H groups in total. The van der Waals surface area contributed by atoms with Crippen LogP contribution < -0.4 is 0 Å². The van der Waals surface area contributed by atoms with Crippen molar-refractivity contribution in [2.75, 3.05) is 0 Å². The molecule has 0 fully saturated rings. The molecule has 0 atom stereocenters. The van der Waals surface area contributed by atoms with Gasteiger partial charge in [0.2, 0.25) is 0 Å². The summed E-state index contributed by atoms with van der Waals surface area (Å²) in [5.74, 6) is -2.15. The van der Waals surface area contributed by atoms with Gasteiger partial charge in [-0.25, -0.2) is 19.2 Å². The predicted octanol–water partition coefficient (Wildman–Crippen LogP) is 5.83. The van der Waals surface area contributed by atoms with Crippen molar-refractivity contribution in [3.63, 3.8) is 0 Å². The Kier molecular flexibility index (Phi) is 11.4. The first-order valence-corrected chi connectivity index (χ1v) is 12.3. The van der Waals surface area contributed by atoms with Crippen molar-refractivity contribution < 1.29 is 38.1 Å². The van der Waals surface area contributed by atoms with Gasteiger partial charge in [-0.2, -0.15) is 0 Å². The Bertz CT molecular complexity index is 1180. The van der Waals surface area contributed by atoms with Crippen molar-refractivity contribution in [1.82, 2.24) is 0 Å². The molecule has 8 heteroatoms. The molecule has 0 radical (unpaired) electrons. The number of esters is 4. The molecule has 0 bridgehead atoms.